The molecule has 0 saturated carbocycles. The Balaban J connectivity index is 2.19. The first-order valence-electron chi connectivity index (χ1n) is 7.60. The van der Waals surface area contributed by atoms with Crippen molar-refractivity contribution in [2.24, 2.45) is 5.41 Å². The van der Waals surface area contributed by atoms with Crippen molar-refractivity contribution < 1.29 is 4.79 Å². The Kier molecular flexibility index (Phi) is 4.48. The molecule has 2 unspecified atom stereocenters. The lowest BCUT2D eigenvalue weighted by Gasteiger charge is -2.32. The number of nitrogens with one attached hydrogen (secondary N) is 1. The molecular weight excluding hydrogens is 248 g/mol. The van der Waals surface area contributed by atoms with Gasteiger partial charge in [0.05, 0.1) is 6.17 Å². The molecule has 2 rings (SSSR count). The van der Waals surface area contributed by atoms with Crippen LogP contribution in [0.1, 0.15) is 52.1 Å². The summed E-state index contributed by atoms with van der Waals surface area (Å²) in [4.78, 5) is 14.8. The predicted molar refractivity (Wildman–Crippen MR) is 82.2 cm³/mol. The third-order valence-electron chi connectivity index (χ3n) is 4.34. The second-order valence-corrected chi connectivity index (χ2v) is 6.42. The lowest BCUT2D eigenvalue weighted by Crippen LogP contribution is -2.42. The Labute approximate surface area is 122 Å². The fourth-order valence-electron chi connectivity index (χ4n) is 2.66. The summed E-state index contributed by atoms with van der Waals surface area (Å²) in [5, 5.41) is 3.48. The molecule has 1 amide bonds. The molecule has 2 atom stereocenters. The zero-order chi connectivity index (χ0) is 14.8. The third kappa shape index (κ3) is 3.04. The summed E-state index contributed by atoms with van der Waals surface area (Å²) < 4.78 is 0. The van der Waals surface area contributed by atoms with Gasteiger partial charge in [-0.05, 0) is 23.8 Å². The Morgan fingerprint density at radius 3 is 2.40 bits per heavy atom. The molecule has 3 nitrogen and oxygen atoms in total. The molecule has 1 aliphatic rings. The first-order valence-corrected chi connectivity index (χ1v) is 7.60. The molecule has 0 radical (unpaired) electrons. The summed E-state index contributed by atoms with van der Waals surface area (Å²) in [6.07, 6.45) is 2.16. The monoisotopic (exact) mass is 274 g/mol. The molecule has 1 fully saturated rings. The molecule has 0 bridgehead atoms. The van der Waals surface area contributed by atoms with Gasteiger partial charge in [0, 0.05) is 6.54 Å². The van der Waals surface area contributed by atoms with Gasteiger partial charge in [0.2, 0.25) is 5.91 Å². The van der Waals surface area contributed by atoms with E-state index in [0.29, 0.717) is 0 Å². The van der Waals surface area contributed by atoms with Crippen molar-refractivity contribution in [2.75, 3.05) is 6.54 Å². The molecular formula is C17H26N2O. The van der Waals surface area contributed by atoms with E-state index in [1.165, 1.54) is 0 Å². The van der Waals surface area contributed by atoms with Crippen LogP contribution in [0.15, 0.2) is 30.3 Å². The second-order valence-electron chi connectivity index (χ2n) is 6.42. The van der Waals surface area contributed by atoms with Gasteiger partial charge in [0.25, 0.3) is 0 Å². The number of hydrogen-bond acceptors (Lipinski definition) is 2. The van der Waals surface area contributed by atoms with Crippen LogP contribution in [-0.2, 0) is 4.79 Å². The zero-order valence-electron chi connectivity index (χ0n) is 13.0. The molecule has 3 heteroatoms. The maximum absolute atomic E-state index is 12.7. The molecule has 1 saturated heterocycles. The summed E-state index contributed by atoms with van der Waals surface area (Å²) in [6.45, 7) is 9.58. The minimum absolute atomic E-state index is 0.151. The molecule has 1 N–H and O–H groups in total. The van der Waals surface area contributed by atoms with Crippen LogP contribution in [0.4, 0.5) is 0 Å². The van der Waals surface area contributed by atoms with E-state index in [9.17, 15) is 4.79 Å². The van der Waals surface area contributed by atoms with Crippen molar-refractivity contribution in [1.29, 1.82) is 0 Å². The van der Waals surface area contributed by atoms with Crippen LogP contribution in [0.2, 0.25) is 0 Å². The fraction of sp³-hybridized carbons (Fsp3) is 0.588. The highest BCUT2D eigenvalue weighted by Gasteiger charge is 2.40. The zero-order valence-corrected chi connectivity index (χ0v) is 13.0. The van der Waals surface area contributed by atoms with Crippen molar-refractivity contribution in [2.45, 2.75) is 52.7 Å². The number of benzene rings is 1. The number of nitrogens with zero attached hydrogens (tertiary/aromatic N) is 1. The fourth-order valence-corrected chi connectivity index (χ4v) is 2.66. The molecule has 0 aliphatic carbocycles. The van der Waals surface area contributed by atoms with Gasteiger partial charge in [-0.25, -0.2) is 0 Å². The van der Waals surface area contributed by atoms with Crippen LogP contribution in [0.25, 0.3) is 0 Å². The minimum atomic E-state index is -0.186. The topological polar surface area (TPSA) is 32.3 Å². The number of amides is 1. The highest BCUT2D eigenvalue weighted by Crippen LogP contribution is 2.30. The van der Waals surface area contributed by atoms with Crippen molar-refractivity contribution in [3.8, 4) is 0 Å². The van der Waals surface area contributed by atoms with E-state index in [4.69, 9.17) is 0 Å². The summed E-state index contributed by atoms with van der Waals surface area (Å²) in [6, 6.07) is 9.83. The van der Waals surface area contributed by atoms with E-state index in [2.05, 4.69) is 33.0 Å². The molecule has 0 spiro atoms. The number of rotatable bonds is 5. The maximum atomic E-state index is 12.7. The van der Waals surface area contributed by atoms with E-state index in [-0.39, 0.29) is 23.5 Å². The molecule has 1 aliphatic heterocycles. The maximum Gasteiger partial charge on any atom is 0.245 e. The van der Waals surface area contributed by atoms with E-state index in [1.54, 1.807) is 0 Å². The van der Waals surface area contributed by atoms with Crippen LogP contribution in [0.5, 0.6) is 0 Å². The minimum Gasteiger partial charge on any atom is -0.325 e. The van der Waals surface area contributed by atoms with Gasteiger partial charge in [0.15, 0.2) is 0 Å². The summed E-state index contributed by atoms with van der Waals surface area (Å²) in [5.41, 5.74) is 1.23. The third-order valence-corrected chi connectivity index (χ3v) is 4.34. The Morgan fingerprint density at radius 1 is 1.20 bits per heavy atom. The highest BCUT2D eigenvalue weighted by atomic mass is 16.2. The van der Waals surface area contributed by atoms with Crippen LogP contribution >= 0.6 is 0 Å². The van der Waals surface area contributed by atoms with Gasteiger partial charge in [-0.1, -0.05) is 58.0 Å². The lowest BCUT2D eigenvalue weighted by atomic mass is 9.89. The van der Waals surface area contributed by atoms with Gasteiger partial charge >= 0.3 is 0 Å². The number of carbonyl (C=O) groups excluding carboxylic acids is 1. The molecule has 1 aromatic carbocycles. The number of hydrogen-bond donors (Lipinski definition) is 1. The van der Waals surface area contributed by atoms with E-state index in [0.717, 1.165) is 24.9 Å². The van der Waals surface area contributed by atoms with E-state index >= 15 is 0 Å². The van der Waals surface area contributed by atoms with Gasteiger partial charge < -0.3 is 4.90 Å². The summed E-state index contributed by atoms with van der Waals surface area (Å²) >= 11 is 0. The van der Waals surface area contributed by atoms with Gasteiger partial charge in [0.1, 0.15) is 6.04 Å². The summed E-state index contributed by atoms with van der Waals surface area (Å²) in [7, 11) is 0. The van der Waals surface area contributed by atoms with Crippen LogP contribution in [0, 0.1) is 5.41 Å². The van der Waals surface area contributed by atoms with Crippen LogP contribution in [0.3, 0.4) is 0 Å². The standard InChI is InChI=1S/C17H26N2O/c1-5-14-18-15(13-10-8-7-9-11-13)16(20)19(14)12-17(3,4)6-2/h7-11,14-15,18H,5-6,12H2,1-4H3. The smallest absolute Gasteiger partial charge is 0.245 e. The second kappa shape index (κ2) is 5.96. The number of carbonyl (C=O) groups is 1. The van der Waals surface area contributed by atoms with Crippen molar-refractivity contribution in [3.05, 3.63) is 35.9 Å². The van der Waals surface area contributed by atoms with Gasteiger partial charge in [-0.3, -0.25) is 10.1 Å². The molecule has 1 heterocycles. The van der Waals surface area contributed by atoms with Crippen LogP contribution < -0.4 is 5.32 Å². The van der Waals surface area contributed by atoms with Crippen molar-refractivity contribution in [3.63, 3.8) is 0 Å². The van der Waals surface area contributed by atoms with Crippen LogP contribution in [-0.4, -0.2) is 23.5 Å². The highest BCUT2D eigenvalue weighted by molar-refractivity contribution is 5.85. The normalized spacial score (nSPS) is 23.4. The van der Waals surface area contributed by atoms with Gasteiger partial charge in [-0.2, -0.15) is 0 Å². The Hall–Kier alpha value is -1.35. The SMILES string of the molecule is CCC1NC(c2ccccc2)C(=O)N1CC(C)(C)CC. The Bertz CT molecular complexity index is 455. The predicted octanol–water partition coefficient (Wildman–Crippen LogP) is 3.33. The van der Waals surface area contributed by atoms with E-state index < -0.39 is 0 Å². The first-order chi connectivity index (χ1) is 9.48. The van der Waals surface area contributed by atoms with Crippen molar-refractivity contribution >= 4 is 5.91 Å². The first kappa shape index (κ1) is 15.0. The molecule has 110 valence electrons. The lowest BCUT2D eigenvalue weighted by molar-refractivity contribution is -0.131. The largest absolute Gasteiger partial charge is 0.325 e. The average molecular weight is 274 g/mol. The quantitative estimate of drug-likeness (QED) is 0.893. The van der Waals surface area contributed by atoms with Gasteiger partial charge in [-0.15, -0.1) is 0 Å². The molecule has 1 aromatic rings. The Morgan fingerprint density at radius 2 is 1.85 bits per heavy atom. The molecule has 0 aromatic heterocycles. The average Bonchev–Trinajstić information content (AvgIpc) is 2.76. The molecule has 20 heavy (non-hydrogen) atoms. The van der Waals surface area contributed by atoms with Crippen molar-refractivity contribution in [1.82, 2.24) is 10.2 Å². The van der Waals surface area contributed by atoms with E-state index in [1.807, 2.05) is 35.2 Å². The summed E-state index contributed by atoms with van der Waals surface area (Å²) in [5.74, 6) is 0.213.